The van der Waals surface area contributed by atoms with Gasteiger partial charge in [-0.2, -0.15) is 0 Å². The summed E-state index contributed by atoms with van der Waals surface area (Å²) in [6.07, 6.45) is 6.99. The normalized spacial score (nSPS) is 24.0. The molecule has 0 saturated carbocycles. The van der Waals surface area contributed by atoms with E-state index < -0.39 is 35.9 Å². The summed E-state index contributed by atoms with van der Waals surface area (Å²) in [5, 5.41) is 15.0. The summed E-state index contributed by atoms with van der Waals surface area (Å²) in [6.45, 7) is 4.70. The van der Waals surface area contributed by atoms with Crippen LogP contribution in [0.2, 0.25) is 10.0 Å². The quantitative estimate of drug-likeness (QED) is 0.135. The number of hydrogen-bond acceptors (Lipinski definition) is 8. The van der Waals surface area contributed by atoms with Crippen molar-refractivity contribution in [2.75, 3.05) is 32.8 Å². The zero-order valence-electron chi connectivity index (χ0n) is 38.8. The largest absolute Gasteiger partial charge is 0.457 e. The zero-order valence-corrected chi connectivity index (χ0v) is 40.4. The van der Waals surface area contributed by atoms with E-state index in [9.17, 15) is 14.7 Å². The number of fused-ring (bicyclic) bond motifs is 3. The summed E-state index contributed by atoms with van der Waals surface area (Å²) in [6, 6.07) is 27.5. The van der Waals surface area contributed by atoms with Crippen molar-refractivity contribution >= 4 is 46.7 Å². The standard InChI is InChI=1S/C54H60Cl2N6O6/c1-35-48(64)26-40(33-63)52(66)58-54(29-36-10-16-41(55)17-11-36)22-7-25-61(34-54)53(67)46(45-21-15-37-8-3-4-9-44(37)45)28-51(65)62(35)31-39-12-18-42(56)27-49(39)68-43-19-13-38(14-20-43)47-30-57-50(59(47)2)32-60-23-5-6-24-60/h3-4,8-14,16-20,27,30,35,40,45-46,63H,5-7,15,21-26,28-29,31-34H2,1-2H3,(H,58,66)/t35-,40-,45-,46-,54+/m0/s1. The molecule has 356 valence electrons. The average Bonchev–Trinajstić information content (AvgIpc) is 4.11. The fourth-order valence-electron chi connectivity index (χ4n) is 10.9. The smallest absolute Gasteiger partial charge is 0.226 e. The molecule has 1 aromatic heterocycles. The molecule has 5 atom stereocenters. The number of amides is 3. The van der Waals surface area contributed by atoms with Crippen molar-refractivity contribution in [3.8, 4) is 22.8 Å². The topological polar surface area (TPSA) is 137 Å². The lowest BCUT2D eigenvalue weighted by Crippen LogP contribution is -2.63. The molecule has 4 aliphatic rings. The number of carbonyl (C=O) groups excluding carboxylic acids is 4. The first-order valence-electron chi connectivity index (χ1n) is 24.0. The summed E-state index contributed by atoms with van der Waals surface area (Å²) in [7, 11) is 2.04. The molecule has 1 aliphatic carbocycles. The van der Waals surface area contributed by atoms with Gasteiger partial charge in [-0.15, -0.1) is 0 Å². The first-order valence-corrected chi connectivity index (χ1v) is 24.8. The van der Waals surface area contributed by atoms with Gasteiger partial charge in [-0.25, -0.2) is 4.98 Å². The summed E-state index contributed by atoms with van der Waals surface area (Å²) < 4.78 is 8.66. The van der Waals surface area contributed by atoms with E-state index in [1.807, 2.05) is 66.7 Å². The molecule has 12 nitrogen and oxygen atoms in total. The van der Waals surface area contributed by atoms with E-state index in [4.69, 9.17) is 32.9 Å². The van der Waals surface area contributed by atoms with E-state index in [0.717, 1.165) is 59.8 Å². The third kappa shape index (κ3) is 10.4. The van der Waals surface area contributed by atoms with Gasteiger partial charge in [0.1, 0.15) is 17.3 Å². The van der Waals surface area contributed by atoms with Gasteiger partial charge < -0.3 is 29.5 Å². The first kappa shape index (κ1) is 47.5. The van der Waals surface area contributed by atoms with Gasteiger partial charge in [-0.3, -0.25) is 24.1 Å². The van der Waals surface area contributed by atoms with Crippen LogP contribution in [0.3, 0.4) is 0 Å². The number of nitrogens with zero attached hydrogens (tertiary/aromatic N) is 5. The predicted molar refractivity (Wildman–Crippen MR) is 262 cm³/mol. The minimum absolute atomic E-state index is 0.0444. The van der Waals surface area contributed by atoms with Crippen LogP contribution in [0.15, 0.2) is 97.2 Å². The third-order valence-corrected chi connectivity index (χ3v) is 15.3. The van der Waals surface area contributed by atoms with Gasteiger partial charge in [-0.05, 0) is 136 Å². The number of piperidine rings is 1. The van der Waals surface area contributed by atoms with E-state index in [1.165, 1.54) is 17.7 Å². The predicted octanol–water partition coefficient (Wildman–Crippen LogP) is 8.54. The summed E-state index contributed by atoms with van der Waals surface area (Å²) in [5.41, 5.74) is 4.83. The fourth-order valence-corrected chi connectivity index (χ4v) is 11.2. The van der Waals surface area contributed by atoms with Crippen molar-refractivity contribution in [1.29, 1.82) is 0 Å². The molecule has 4 heterocycles. The minimum Gasteiger partial charge on any atom is -0.457 e. The highest BCUT2D eigenvalue weighted by molar-refractivity contribution is 6.31. The highest BCUT2D eigenvalue weighted by atomic mass is 35.5. The van der Waals surface area contributed by atoms with Crippen molar-refractivity contribution < 1.29 is 29.0 Å². The Morgan fingerprint density at radius 1 is 0.853 bits per heavy atom. The molecule has 0 unspecified atom stereocenters. The maximum absolute atomic E-state index is 15.3. The van der Waals surface area contributed by atoms with Crippen molar-refractivity contribution in [2.45, 2.75) is 95.3 Å². The molecule has 5 aromatic rings. The first-order chi connectivity index (χ1) is 32.9. The number of likely N-dealkylation sites (tertiary alicyclic amines) is 1. The van der Waals surface area contributed by atoms with Crippen LogP contribution < -0.4 is 10.1 Å². The molecule has 3 amide bonds. The molecule has 14 heteroatoms. The van der Waals surface area contributed by atoms with Crippen molar-refractivity contribution in [3.63, 3.8) is 0 Å². The number of aryl methyl sites for hydroxylation is 1. The molecule has 3 saturated heterocycles. The number of carbonyl (C=O) groups is 4. The number of imidazole rings is 1. The lowest BCUT2D eigenvalue weighted by Gasteiger charge is -2.46. The third-order valence-electron chi connectivity index (χ3n) is 14.8. The van der Waals surface area contributed by atoms with E-state index in [1.54, 1.807) is 37.3 Å². The van der Waals surface area contributed by atoms with Crippen LogP contribution in [0.4, 0.5) is 0 Å². The number of benzene rings is 4. The van der Waals surface area contributed by atoms with Gasteiger partial charge in [0.25, 0.3) is 0 Å². The Labute approximate surface area is 408 Å². The number of rotatable bonds is 11. The second-order valence-electron chi connectivity index (χ2n) is 19.3. The van der Waals surface area contributed by atoms with Crippen LogP contribution in [-0.2, 0) is 52.2 Å². The average molecular weight is 960 g/mol. The van der Waals surface area contributed by atoms with Crippen molar-refractivity contribution in [3.05, 3.63) is 135 Å². The molecule has 68 heavy (non-hydrogen) atoms. The van der Waals surface area contributed by atoms with Gasteiger partial charge in [0.15, 0.2) is 5.78 Å². The Balaban J connectivity index is 1.03. The van der Waals surface area contributed by atoms with Crippen molar-refractivity contribution in [1.82, 2.24) is 29.6 Å². The van der Waals surface area contributed by atoms with Gasteiger partial charge >= 0.3 is 0 Å². The van der Waals surface area contributed by atoms with Crippen LogP contribution >= 0.6 is 23.2 Å². The second-order valence-corrected chi connectivity index (χ2v) is 20.2. The van der Waals surface area contributed by atoms with Gasteiger partial charge in [0.05, 0.1) is 55.0 Å². The van der Waals surface area contributed by atoms with Crippen LogP contribution in [-0.4, -0.2) is 97.2 Å². The molecule has 3 fully saturated rings. The minimum atomic E-state index is -1.08. The van der Waals surface area contributed by atoms with Gasteiger partial charge in [0, 0.05) is 54.2 Å². The maximum atomic E-state index is 15.3. The summed E-state index contributed by atoms with van der Waals surface area (Å²) >= 11 is 12.9. The number of ketones is 1. The fraction of sp³-hybridized carbons (Fsp3) is 0.426. The SMILES string of the molecule is C[C@H]1C(=O)C[C@@H](CO)C(=O)N[C@@]2(Cc3ccc(Cl)cc3)CCCN(C2)C(=O)[C@H]([C@H]2CCc3ccccc32)CC(=O)N1Cc1ccc(Cl)cc1Oc1ccc(-c2cnc(CN3CCCC3)n2C)cc1. The number of Topliss-reactive ketones (excluding diaryl/α,β-unsaturated/α-hetero) is 1. The Kier molecular flexibility index (Phi) is 14.4. The number of aliphatic hydroxyl groups excluding tert-OH is 1. The molecular weight excluding hydrogens is 900 g/mol. The molecule has 2 bridgehead atoms. The summed E-state index contributed by atoms with van der Waals surface area (Å²) in [4.78, 5) is 69.8. The van der Waals surface area contributed by atoms with E-state index in [2.05, 4.69) is 26.9 Å². The van der Waals surface area contributed by atoms with E-state index in [0.29, 0.717) is 59.3 Å². The Morgan fingerprint density at radius 3 is 2.37 bits per heavy atom. The van der Waals surface area contributed by atoms with E-state index >= 15 is 9.59 Å². The number of halogens is 2. The van der Waals surface area contributed by atoms with E-state index in [-0.39, 0.29) is 49.4 Å². The molecule has 4 aromatic carbocycles. The zero-order chi connectivity index (χ0) is 47.5. The Bertz CT molecular complexity index is 2650. The monoisotopic (exact) mass is 958 g/mol. The highest BCUT2D eigenvalue weighted by Crippen LogP contribution is 2.42. The maximum Gasteiger partial charge on any atom is 0.226 e. The molecule has 0 spiro atoms. The van der Waals surface area contributed by atoms with Gasteiger partial charge in [0.2, 0.25) is 17.7 Å². The molecule has 3 aliphatic heterocycles. The Morgan fingerprint density at radius 2 is 1.60 bits per heavy atom. The molecule has 9 rings (SSSR count). The molecular formula is C54H60Cl2N6O6. The number of aromatic nitrogens is 2. The van der Waals surface area contributed by atoms with Crippen LogP contribution in [0.1, 0.15) is 85.9 Å². The number of hydrogen-bond donors (Lipinski definition) is 2. The molecule has 0 radical (unpaired) electrons. The number of ether oxygens (including phenoxy) is 1. The van der Waals surface area contributed by atoms with Gasteiger partial charge in [-0.1, -0.05) is 65.7 Å². The second kappa shape index (κ2) is 20.6. The van der Waals surface area contributed by atoms with Crippen LogP contribution in [0.5, 0.6) is 11.5 Å². The number of nitrogens with one attached hydrogen (secondary N) is 1. The Hall–Kier alpha value is -5.53. The summed E-state index contributed by atoms with van der Waals surface area (Å²) in [5.74, 6) is -1.47. The highest BCUT2D eigenvalue weighted by Gasteiger charge is 2.45. The lowest BCUT2D eigenvalue weighted by molar-refractivity contribution is -0.148. The lowest BCUT2D eigenvalue weighted by atomic mass is 9.79. The molecule has 2 N–H and O–H groups in total. The van der Waals surface area contributed by atoms with Crippen LogP contribution in [0.25, 0.3) is 11.3 Å². The number of aliphatic hydroxyl groups is 1. The van der Waals surface area contributed by atoms with Crippen LogP contribution in [0, 0.1) is 11.8 Å². The van der Waals surface area contributed by atoms with Crippen molar-refractivity contribution in [2.24, 2.45) is 18.9 Å².